The van der Waals surface area contributed by atoms with E-state index in [9.17, 15) is 19.5 Å². The lowest BCUT2D eigenvalue weighted by Crippen LogP contribution is -2.52. The summed E-state index contributed by atoms with van der Waals surface area (Å²) < 4.78 is 5.20. The Labute approximate surface area is 195 Å². The lowest BCUT2D eigenvalue weighted by atomic mass is 10.00. The maximum Gasteiger partial charge on any atom is 0.408 e. The van der Waals surface area contributed by atoms with Gasteiger partial charge >= 0.3 is 6.09 Å². The van der Waals surface area contributed by atoms with E-state index in [-0.39, 0.29) is 17.1 Å². The average Bonchev–Trinajstić information content (AvgIpc) is 2.71. The van der Waals surface area contributed by atoms with Gasteiger partial charge in [-0.2, -0.15) is 12.6 Å². The average molecular weight is 464 g/mol. The molecule has 0 aliphatic heterocycles. The van der Waals surface area contributed by atoms with Crippen LogP contribution in [0.15, 0.2) is 18.2 Å². The number of nitrogens with one attached hydrogen (secondary N) is 2. The number of ether oxygens (including phenoxy) is 1. The van der Waals surface area contributed by atoms with E-state index < -0.39 is 35.6 Å². The number of hydrogen-bond acceptors (Lipinski definition) is 6. The third kappa shape index (κ3) is 7.68. The number of phenolic OH excluding ortho intramolecular Hbond substituents is 1. The van der Waals surface area contributed by atoms with Crippen LogP contribution in [0.25, 0.3) is 0 Å². The Hall–Kier alpha value is -2.86. The van der Waals surface area contributed by atoms with Crippen LogP contribution in [0.2, 0.25) is 0 Å². The number of para-hydroxylation sites is 1. The van der Waals surface area contributed by atoms with Gasteiger partial charge < -0.3 is 20.5 Å². The van der Waals surface area contributed by atoms with Crippen LogP contribution in [0, 0.1) is 19.4 Å². The van der Waals surface area contributed by atoms with Crippen LogP contribution < -0.4 is 10.6 Å². The van der Waals surface area contributed by atoms with Crippen LogP contribution in [-0.2, 0) is 14.3 Å². The van der Waals surface area contributed by atoms with Gasteiger partial charge in [-0.15, -0.1) is 0 Å². The predicted octanol–water partition coefficient (Wildman–Crippen LogP) is 2.90. The standard InChI is InChI=1S/C23H33N3O5S/c1-7-9-13-24-20(28)18(16-12-10-11-15(3)19(16)27)26(8-2)21(29)17(14-32)25-22(30)31-23(4,5)6/h2,10-12,17-18,27,32H,7,9,13-14H2,1,3-6H3,(H,24,28)(H,25,30). The summed E-state index contributed by atoms with van der Waals surface area (Å²) >= 11 is 4.15. The summed E-state index contributed by atoms with van der Waals surface area (Å²) in [5, 5.41) is 15.8. The van der Waals surface area contributed by atoms with E-state index in [1.165, 1.54) is 6.07 Å². The molecule has 8 nitrogen and oxygen atoms in total. The van der Waals surface area contributed by atoms with E-state index in [1.54, 1.807) is 39.8 Å². The van der Waals surface area contributed by atoms with Crippen molar-refractivity contribution >= 4 is 30.5 Å². The van der Waals surface area contributed by atoms with E-state index >= 15 is 0 Å². The molecule has 0 radical (unpaired) electrons. The molecule has 0 spiro atoms. The van der Waals surface area contributed by atoms with E-state index in [1.807, 2.05) is 6.92 Å². The van der Waals surface area contributed by atoms with E-state index in [2.05, 4.69) is 29.3 Å². The van der Waals surface area contributed by atoms with Crippen LogP contribution in [0.5, 0.6) is 5.75 Å². The first-order valence-corrected chi connectivity index (χ1v) is 11.1. The summed E-state index contributed by atoms with van der Waals surface area (Å²) in [6.07, 6.45) is 6.43. The van der Waals surface area contributed by atoms with Gasteiger partial charge in [0.15, 0.2) is 6.04 Å². The third-order valence-electron chi connectivity index (χ3n) is 4.45. The molecule has 9 heteroatoms. The Morgan fingerprint density at radius 2 is 1.97 bits per heavy atom. The summed E-state index contributed by atoms with van der Waals surface area (Å²) in [7, 11) is 0. The van der Waals surface area contributed by atoms with Crippen LogP contribution >= 0.6 is 12.6 Å². The number of carbonyl (C=O) groups is 3. The third-order valence-corrected chi connectivity index (χ3v) is 4.81. The fraction of sp³-hybridized carbons (Fsp3) is 0.522. The van der Waals surface area contributed by atoms with Crippen molar-refractivity contribution in [1.82, 2.24) is 15.5 Å². The molecule has 1 aromatic carbocycles. The van der Waals surface area contributed by atoms with E-state index in [0.717, 1.165) is 17.7 Å². The van der Waals surface area contributed by atoms with Gasteiger partial charge in [-0.25, -0.2) is 4.79 Å². The van der Waals surface area contributed by atoms with Gasteiger partial charge in [-0.1, -0.05) is 38.0 Å². The Morgan fingerprint density at radius 3 is 2.50 bits per heavy atom. The van der Waals surface area contributed by atoms with E-state index in [0.29, 0.717) is 12.1 Å². The molecule has 2 atom stereocenters. The van der Waals surface area contributed by atoms with Crippen LogP contribution in [0.3, 0.4) is 0 Å². The molecular formula is C23H33N3O5S. The number of aromatic hydroxyl groups is 1. The first kappa shape index (κ1) is 27.2. The topological polar surface area (TPSA) is 108 Å². The first-order valence-electron chi connectivity index (χ1n) is 10.4. The molecule has 32 heavy (non-hydrogen) atoms. The lowest BCUT2D eigenvalue weighted by Gasteiger charge is -2.30. The smallest absolute Gasteiger partial charge is 0.408 e. The maximum absolute atomic E-state index is 13.3. The number of carbonyl (C=O) groups excluding carboxylic acids is 3. The van der Waals surface area contributed by atoms with Crippen molar-refractivity contribution in [2.24, 2.45) is 0 Å². The van der Waals surface area contributed by atoms with Crippen molar-refractivity contribution in [1.29, 1.82) is 0 Å². The van der Waals surface area contributed by atoms with Crippen molar-refractivity contribution in [3.05, 3.63) is 29.3 Å². The number of nitrogens with zero attached hydrogens (tertiary/aromatic N) is 1. The second kappa shape index (κ2) is 12.2. The summed E-state index contributed by atoms with van der Waals surface area (Å²) in [6, 6.07) is 4.65. The number of amides is 3. The summed E-state index contributed by atoms with van der Waals surface area (Å²) in [6.45, 7) is 9.11. The molecule has 176 valence electrons. The number of terminal acetylenes is 1. The summed E-state index contributed by atoms with van der Waals surface area (Å²) in [4.78, 5) is 39.4. The second-order valence-corrected chi connectivity index (χ2v) is 8.64. The molecule has 3 amide bonds. The lowest BCUT2D eigenvalue weighted by molar-refractivity contribution is -0.138. The van der Waals surface area contributed by atoms with Gasteiger partial charge in [0, 0.05) is 23.9 Å². The van der Waals surface area contributed by atoms with E-state index in [4.69, 9.17) is 11.2 Å². The summed E-state index contributed by atoms with van der Waals surface area (Å²) in [5.41, 5.74) is -0.0637. The monoisotopic (exact) mass is 463 g/mol. The molecule has 3 N–H and O–H groups in total. The van der Waals surface area contributed by atoms with Gasteiger partial charge in [0.2, 0.25) is 5.91 Å². The molecule has 0 fully saturated rings. The predicted molar refractivity (Wildman–Crippen MR) is 126 cm³/mol. The largest absolute Gasteiger partial charge is 0.507 e. The van der Waals surface area contributed by atoms with Crippen molar-refractivity contribution < 1.29 is 24.2 Å². The zero-order chi connectivity index (χ0) is 24.5. The van der Waals surface area contributed by atoms with Gasteiger partial charge in [-0.3, -0.25) is 14.5 Å². The Balaban J connectivity index is 3.30. The maximum atomic E-state index is 13.3. The number of hydrogen-bond donors (Lipinski definition) is 4. The minimum Gasteiger partial charge on any atom is -0.507 e. The second-order valence-electron chi connectivity index (χ2n) is 8.28. The highest BCUT2D eigenvalue weighted by Crippen LogP contribution is 2.32. The highest BCUT2D eigenvalue weighted by atomic mass is 32.1. The number of thiol groups is 1. The molecule has 0 heterocycles. The molecule has 2 unspecified atom stereocenters. The van der Waals surface area contributed by atoms with Gasteiger partial charge in [-0.05, 0) is 39.7 Å². The molecule has 1 aromatic rings. The van der Waals surface area contributed by atoms with Crippen molar-refractivity contribution in [2.75, 3.05) is 12.3 Å². The van der Waals surface area contributed by atoms with Crippen molar-refractivity contribution in [3.63, 3.8) is 0 Å². The normalized spacial score (nSPS) is 12.8. The van der Waals surface area contributed by atoms with Crippen LogP contribution in [-0.4, -0.2) is 51.9 Å². The highest BCUT2D eigenvalue weighted by molar-refractivity contribution is 7.80. The zero-order valence-corrected chi connectivity index (χ0v) is 20.2. The first-order chi connectivity index (χ1) is 15.0. The fourth-order valence-electron chi connectivity index (χ4n) is 2.85. The summed E-state index contributed by atoms with van der Waals surface area (Å²) in [5.74, 6) is -1.50. The number of phenols is 1. The number of alkyl carbamates (subject to hydrolysis) is 1. The number of rotatable bonds is 9. The Morgan fingerprint density at radius 1 is 1.31 bits per heavy atom. The molecule has 0 aliphatic rings. The number of unbranched alkanes of at least 4 members (excludes halogenated alkanes) is 1. The molecule has 1 rings (SSSR count). The zero-order valence-electron chi connectivity index (χ0n) is 19.3. The van der Waals surface area contributed by atoms with Crippen molar-refractivity contribution in [3.8, 4) is 18.2 Å². The van der Waals surface area contributed by atoms with Gasteiger partial charge in [0.05, 0.1) is 0 Å². The molecule has 0 saturated heterocycles. The molecule has 0 aromatic heterocycles. The molecule has 0 bridgehead atoms. The molecular weight excluding hydrogens is 430 g/mol. The quantitative estimate of drug-likeness (QED) is 0.195. The minimum atomic E-state index is -1.30. The fourth-order valence-corrected chi connectivity index (χ4v) is 3.10. The van der Waals surface area contributed by atoms with Crippen LogP contribution in [0.4, 0.5) is 4.79 Å². The van der Waals surface area contributed by atoms with Gasteiger partial charge in [0.25, 0.3) is 5.91 Å². The SMILES string of the molecule is C#CN(C(=O)C(CS)NC(=O)OC(C)(C)C)C(C(=O)NCCCC)c1cccc(C)c1O. The van der Waals surface area contributed by atoms with Gasteiger partial charge in [0.1, 0.15) is 17.4 Å². The highest BCUT2D eigenvalue weighted by Gasteiger charge is 2.36. The van der Waals surface area contributed by atoms with Crippen LogP contribution in [0.1, 0.15) is 57.7 Å². The molecule has 0 aliphatic carbocycles. The van der Waals surface area contributed by atoms with Crippen molar-refractivity contribution in [2.45, 2.75) is 65.1 Å². The Kier molecular flexibility index (Phi) is 10.4. The minimum absolute atomic E-state index is 0.0831. The number of benzene rings is 1. The Bertz CT molecular complexity index is 860. The number of aryl methyl sites for hydroxylation is 1. The molecule has 0 saturated carbocycles.